The summed E-state index contributed by atoms with van der Waals surface area (Å²) < 4.78 is 161. The first kappa shape index (κ1) is 59.5. The van der Waals surface area contributed by atoms with Gasteiger partial charge in [0.25, 0.3) is 5.92 Å². The summed E-state index contributed by atoms with van der Waals surface area (Å²) in [6.45, 7) is 0.884. The van der Waals surface area contributed by atoms with E-state index < -0.39 is 76.4 Å². The second kappa shape index (κ2) is 24.5. The van der Waals surface area contributed by atoms with Gasteiger partial charge in [0, 0.05) is 49.1 Å². The Kier molecular flexibility index (Phi) is 18.9. The molecule has 2 saturated carbocycles. The molecule has 6 aromatic rings. The highest BCUT2D eigenvalue weighted by Crippen LogP contribution is 2.45. The zero-order valence-electron chi connectivity index (χ0n) is 42.2. The first-order chi connectivity index (χ1) is 36.1. The molecule has 0 amide bonds. The van der Waals surface area contributed by atoms with Crippen LogP contribution in [0, 0.1) is 11.6 Å². The number of alkyl halides is 5. The third-order valence-electron chi connectivity index (χ3n) is 13.6. The Morgan fingerprint density at radius 3 is 1.53 bits per heavy atom. The lowest BCUT2D eigenvalue weighted by atomic mass is 9.79. The molecule has 0 unspecified atom stereocenters. The first-order valence-electron chi connectivity index (χ1n) is 24.1. The monoisotopic (exact) mass is 1170 g/mol. The van der Waals surface area contributed by atoms with Gasteiger partial charge in [-0.05, 0) is 126 Å². The smallest absolute Gasteiger partial charge is 0.417 e. The normalized spacial score (nSPS) is 20.4. The average Bonchev–Trinajstić information content (AvgIpc) is 3.37. The molecule has 8 rings (SSSR count). The highest BCUT2D eigenvalue weighted by molar-refractivity contribution is 7.91. The highest BCUT2D eigenvalue weighted by atomic mass is 35.5. The van der Waals surface area contributed by atoms with Gasteiger partial charge in [-0.1, -0.05) is 65.1 Å². The van der Waals surface area contributed by atoms with Crippen molar-refractivity contribution in [3.05, 3.63) is 164 Å². The molecule has 2 aliphatic carbocycles. The van der Waals surface area contributed by atoms with Gasteiger partial charge in [0.05, 0.1) is 43.5 Å². The minimum Gasteiger partial charge on any atom is -0.487 e. The fourth-order valence-corrected chi connectivity index (χ4v) is 13.4. The SMILES string of the molecule is CN(C)[C@H]1C[C@@H](c2cccc(C(C)(F)F)c2)CC[C@@H]1Oc1cc(F)c(S(=O)(=O)Cc2ccncn2)cc1Cl.CN(C)[C@H]1C[C@@H](c2cccc(C(F)(F)F)c2Cl)CC[C@@H]1Oc1cc(F)c(S(=O)(=O)Cc2ccncn2)cc1Cl. The van der Waals surface area contributed by atoms with Gasteiger partial charge in [-0.3, -0.25) is 0 Å². The third-order valence-corrected chi connectivity index (χ3v) is 18.0. The molecule has 24 heteroatoms. The minimum atomic E-state index is -4.57. The van der Waals surface area contributed by atoms with Crippen LogP contribution in [0.5, 0.6) is 11.5 Å². The summed E-state index contributed by atoms with van der Waals surface area (Å²) in [5.74, 6) is -6.13. The molecule has 12 nitrogen and oxygen atoms in total. The number of sulfone groups is 2. The summed E-state index contributed by atoms with van der Waals surface area (Å²) in [4.78, 5) is 18.0. The van der Waals surface area contributed by atoms with Gasteiger partial charge >= 0.3 is 6.18 Å². The van der Waals surface area contributed by atoms with Crippen molar-refractivity contribution >= 4 is 54.5 Å². The molecule has 0 bridgehead atoms. The maximum absolute atomic E-state index is 15.0. The van der Waals surface area contributed by atoms with Crippen LogP contribution in [0.3, 0.4) is 0 Å². The molecular weight excluding hydrogens is 1120 g/mol. The standard InChI is InChI=1S/C27H29ClF3N3O3S.C26H25Cl2F4N3O3S/c1-27(30,31)19-6-4-5-17(11-19)18-7-8-24(23(12-18)34(2)3)37-25-14-22(29)26(13-21(25)28)38(35,36)15-20-9-10-32-16-33-20;1-35(2)21-10-15(17-4-3-5-18(25(17)28)26(30,31)32)6-7-22(21)38-23-12-20(29)24(11-19(23)27)39(36,37)13-16-8-9-33-14-34-16/h4-6,9-11,13-14,16,18,23-24H,7-8,12,15H2,1-3H3;3-5,8-9,11-12,14-15,21-22H,6-7,10,13H2,1-2H3/t18-,23-,24-;15-,21-,22-/m00/s1. The molecule has 6 atom stereocenters. The van der Waals surface area contributed by atoms with Crippen LogP contribution in [0.25, 0.3) is 0 Å². The molecular formula is C53H54Cl3F7N6O6S2. The molecule has 2 aromatic heterocycles. The van der Waals surface area contributed by atoms with Gasteiger partial charge in [-0.25, -0.2) is 54.3 Å². The van der Waals surface area contributed by atoms with Crippen LogP contribution in [0.2, 0.25) is 15.1 Å². The van der Waals surface area contributed by atoms with Gasteiger partial charge < -0.3 is 19.3 Å². The molecule has 4 aromatic carbocycles. The highest BCUT2D eigenvalue weighted by Gasteiger charge is 2.40. The van der Waals surface area contributed by atoms with E-state index in [1.807, 2.05) is 44.1 Å². The van der Waals surface area contributed by atoms with Gasteiger partial charge in [-0.15, -0.1) is 0 Å². The lowest BCUT2D eigenvalue weighted by Gasteiger charge is -2.40. The Bertz CT molecular complexity index is 3260. The van der Waals surface area contributed by atoms with E-state index in [0.29, 0.717) is 44.1 Å². The Balaban J connectivity index is 0.000000224. The lowest BCUT2D eigenvalue weighted by Crippen LogP contribution is -2.46. The predicted octanol–water partition coefficient (Wildman–Crippen LogP) is 12.6. The Morgan fingerprint density at radius 1 is 0.623 bits per heavy atom. The number of hydrogen-bond donors (Lipinski definition) is 0. The molecule has 0 saturated heterocycles. The second-order valence-electron chi connectivity index (χ2n) is 19.5. The molecule has 2 aliphatic rings. The molecule has 77 heavy (non-hydrogen) atoms. The summed E-state index contributed by atoms with van der Waals surface area (Å²) in [5.41, 5.74) is 0.794. The number of halogens is 10. The van der Waals surface area contributed by atoms with Crippen LogP contribution >= 0.6 is 34.8 Å². The van der Waals surface area contributed by atoms with Crippen molar-refractivity contribution in [3.63, 3.8) is 0 Å². The molecule has 0 radical (unpaired) electrons. The number of benzene rings is 4. The van der Waals surface area contributed by atoms with E-state index in [-0.39, 0.29) is 73.5 Å². The Morgan fingerprint density at radius 2 is 1.09 bits per heavy atom. The van der Waals surface area contributed by atoms with Crippen molar-refractivity contribution in [2.24, 2.45) is 0 Å². The average molecular weight is 1170 g/mol. The van der Waals surface area contributed by atoms with Crippen molar-refractivity contribution in [3.8, 4) is 11.5 Å². The quantitative estimate of drug-likeness (QED) is 0.0902. The lowest BCUT2D eigenvalue weighted by molar-refractivity contribution is -0.137. The number of aromatic nitrogens is 4. The summed E-state index contributed by atoms with van der Waals surface area (Å²) in [5, 5.41) is -0.417. The Labute approximate surface area is 457 Å². The van der Waals surface area contributed by atoms with Crippen LogP contribution in [0.1, 0.15) is 90.9 Å². The Hall–Kier alpha value is -5.16. The summed E-state index contributed by atoms with van der Waals surface area (Å²) >= 11 is 18.9. The van der Waals surface area contributed by atoms with Crippen LogP contribution in [0.4, 0.5) is 30.7 Å². The number of hydrogen-bond acceptors (Lipinski definition) is 12. The van der Waals surface area contributed by atoms with Gasteiger partial charge in [0.2, 0.25) is 0 Å². The summed E-state index contributed by atoms with van der Waals surface area (Å²) in [6, 6.07) is 16.9. The fraction of sp³-hybridized carbons (Fsp3) is 0.396. The van der Waals surface area contributed by atoms with Crippen molar-refractivity contribution in [1.29, 1.82) is 0 Å². The van der Waals surface area contributed by atoms with Gasteiger partial charge in [0.15, 0.2) is 19.7 Å². The van der Waals surface area contributed by atoms with Crippen molar-refractivity contribution in [1.82, 2.24) is 29.7 Å². The van der Waals surface area contributed by atoms with E-state index in [1.54, 1.807) is 18.2 Å². The van der Waals surface area contributed by atoms with E-state index in [4.69, 9.17) is 44.3 Å². The molecule has 2 fully saturated rings. The van der Waals surface area contributed by atoms with Crippen LogP contribution in [0.15, 0.2) is 114 Å². The first-order valence-corrected chi connectivity index (χ1v) is 28.5. The molecule has 2 heterocycles. The zero-order valence-corrected chi connectivity index (χ0v) is 46.1. The molecule has 0 spiro atoms. The number of ether oxygens (including phenoxy) is 2. The fourth-order valence-electron chi connectivity index (χ4n) is 9.69. The third kappa shape index (κ3) is 14.8. The van der Waals surface area contributed by atoms with Crippen molar-refractivity contribution < 1.29 is 57.0 Å². The topological polar surface area (TPSA) is 145 Å². The maximum Gasteiger partial charge on any atom is 0.417 e. The van der Waals surface area contributed by atoms with Crippen molar-refractivity contribution in [2.45, 2.75) is 115 Å². The second-order valence-corrected chi connectivity index (χ2v) is 24.6. The zero-order chi connectivity index (χ0) is 56.2. The number of rotatable bonds is 15. The molecule has 0 N–H and O–H groups in total. The van der Waals surface area contributed by atoms with E-state index in [9.17, 15) is 38.8 Å². The van der Waals surface area contributed by atoms with Gasteiger partial charge in [-0.2, -0.15) is 13.2 Å². The number of nitrogens with zero attached hydrogens (tertiary/aromatic N) is 6. The van der Waals surface area contributed by atoms with Crippen LogP contribution in [-0.2, 0) is 43.3 Å². The predicted molar refractivity (Wildman–Crippen MR) is 278 cm³/mol. The molecule has 414 valence electrons. The van der Waals surface area contributed by atoms with E-state index in [1.165, 1.54) is 49.3 Å². The molecule has 0 aliphatic heterocycles. The maximum atomic E-state index is 15.0. The summed E-state index contributed by atoms with van der Waals surface area (Å²) in [7, 11) is -0.759. The summed E-state index contributed by atoms with van der Waals surface area (Å²) in [6.07, 6.45) is 3.02. The van der Waals surface area contributed by atoms with E-state index in [0.717, 1.165) is 42.8 Å². The largest absolute Gasteiger partial charge is 0.487 e. The van der Waals surface area contributed by atoms with Crippen LogP contribution < -0.4 is 9.47 Å². The van der Waals surface area contributed by atoms with E-state index in [2.05, 4.69) is 19.9 Å². The van der Waals surface area contributed by atoms with Crippen LogP contribution in [-0.4, -0.2) is 99.1 Å². The minimum absolute atomic E-state index is 0.0215. The van der Waals surface area contributed by atoms with Crippen molar-refractivity contribution in [2.75, 3.05) is 28.2 Å². The van der Waals surface area contributed by atoms with Gasteiger partial charge in [0.1, 0.15) is 57.8 Å². The van der Waals surface area contributed by atoms with E-state index >= 15 is 8.78 Å². The number of likely N-dealkylation sites (N-methyl/N-ethyl adjacent to an activating group) is 2.